The van der Waals surface area contributed by atoms with Crippen LogP contribution in [0.5, 0.6) is 5.75 Å². The van der Waals surface area contributed by atoms with Gasteiger partial charge in [0, 0.05) is 24.6 Å². The summed E-state index contributed by atoms with van der Waals surface area (Å²) in [5.74, 6) is 0.581. The Labute approximate surface area is 185 Å². The molecule has 0 bridgehead atoms. The van der Waals surface area contributed by atoms with Crippen molar-refractivity contribution >= 4 is 17.2 Å². The zero-order chi connectivity index (χ0) is 21.4. The maximum atomic E-state index is 12.8. The number of nitrogens with one attached hydrogen (secondary N) is 1. The van der Waals surface area contributed by atoms with E-state index < -0.39 is 6.10 Å². The molecule has 2 aliphatic rings. The third-order valence-electron chi connectivity index (χ3n) is 5.99. The summed E-state index contributed by atoms with van der Waals surface area (Å²) in [6.45, 7) is 2.60. The van der Waals surface area contributed by atoms with Crippen molar-refractivity contribution in [1.82, 2.24) is 15.3 Å². The zero-order valence-corrected chi connectivity index (χ0v) is 18.2. The standard InChI is InChI=1S/C24H25N3O3S/c1-14-25-13-22(31-14)16-7-5-15(6-8-16)11-17-12-20(26-19-9-10-30-23(17)19)24(29)27-18-3-2-4-21(18)28/h5-8,12-13,18,21,28H,2-4,9-11H2,1H3,(H,27,29)/t18-,21-/m0/s1. The molecule has 7 heteroatoms. The van der Waals surface area contributed by atoms with Crippen molar-refractivity contribution in [1.29, 1.82) is 0 Å². The van der Waals surface area contributed by atoms with Crippen LogP contribution in [0, 0.1) is 6.92 Å². The van der Waals surface area contributed by atoms with E-state index in [1.54, 1.807) is 11.3 Å². The second kappa shape index (κ2) is 8.40. The van der Waals surface area contributed by atoms with Crippen LogP contribution < -0.4 is 10.1 Å². The first-order valence-corrected chi connectivity index (χ1v) is 11.5. The van der Waals surface area contributed by atoms with Gasteiger partial charge in [0.1, 0.15) is 11.4 Å². The van der Waals surface area contributed by atoms with Gasteiger partial charge >= 0.3 is 0 Å². The van der Waals surface area contributed by atoms with Gasteiger partial charge in [0.25, 0.3) is 5.91 Å². The molecule has 5 rings (SSSR count). The molecule has 0 saturated heterocycles. The van der Waals surface area contributed by atoms with Gasteiger partial charge in [-0.15, -0.1) is 11.3 Å². The molecule has 1 aromatic carbocycles. The molecule has 1 aliphatic carbocycles. The molecule has 160 valence electrons. The van der Waals surface area contributed by atoms with Crippen molar-refractivity contribution in [2.45, 2.75) is 51.2 Å². The monoisotopic (exact) mass is 435 g/mol. The quantitative estimate of drug-likeness (QED) is 0.639. The van der Waals surface area contributed by atoms with Crippen molar-refractivity contribution in [3.8, 4) is 16.2 Å². The van der Waals surface area contributed by atoms with Crippen LogP contribution >= 0.6 is 11.3 Å². The molecule has 3 aromatic rings. The third kappa shape index (κ3) is 4.20. The largest absolute Gasteiger partial charge is 0.491 e. The molecule has 2 atom stereocenters. The minimum Gasteiger partial charge on any atom is -0.491 e. The third-order valence-corrected chi connectivity index (χ3v) is 6.95. The number of hydrogen-bond acceptors (Lipinski definition) is 6. The maximum absolute atomic E-state index is 12.8. The fourth-order valence-corrected chi connectivity index (χ4v) is 5.12. The van der Waals surface area contributed by atoms with Gasteiger partial charge in [0.15, 0.2) is 0 Å². The summed E-state index contributed by atoms with van der Waals surface area (Å²) in [6.07, 6.45) is 5.28. The molecule has 0 radical (unpaired) electrons. The Morgan fingerprint density at radius 1 is 1.29 bits per heavy atom. The lowest BCUT2D eigenvalue weighted by Gasteiger charge is -2.17. The van der Waals surface area contributed by atoms with Gasteiger partial charge in [0.05, 0.1) is 34.3 Å². The minimum absolute atomic E-state index is 0.190. The average molecular weight is 436 g/mol. The van der Waals surface area contributed by atoms with E-state index >= 15 is 0 Å². The molecule has 2 aromatic heterocycles. The number of benzene rings is 1. The van der Waals surface area contributed by atoms with E-state index in [0.29, 0.717) is 25.1 Å². The summed E-state index contributed by atoms with van der Waals surface area (Å²) in [5, 5.41) is 14.0. The summed E-state index contributed by atoms with van der Waals surface area (Å²) < 4.78 is 5.84. The molecule has 1 fully saturated rings. The number of amides is 1. The topological polar surface area (TPSA) is 84.3 Å². The lowest BCUT2D eigenvalue weighted by atomic mass is 10.0. The Balaban J connectivity index is 1.38. The van der Waals surface area contributed by atoms with Gasteiger partial charge < -0.3 is 15.2 Å². The predicted molar refractivity (Wildman–Crippen MR) is 120 cm³/mol. The van der Waals surface area contributed by atoms with Crippen LogP contribution in [-0.2, 0) is 12.8 Å². The number of aliphatic hydroxyl groups is 1. The van der Waals surface area contributed by atoms with E-state index in [9.17, 15) is 9.90 Å². The lowest BCUT2D eigenvalue weighted by Crippen LogP contribution is -2.40. The summed E-state index contributed by atoms with van der Waals surface area (Å²) in [4.78, 5) is 22.9. The fourth-order valence-electron chi connectivity index (χ4n) is 4.34. The molecular weight excluding hydrogens is 410 g/mol. The van der Waals surface area contributed by atoms with Crippen LogP contribution in [0.25, 0.3) is 10.4 Å². The number of nitrogens with zero attached hydrogens (tertiary/aromatic N) is 2. The first kappa shape index (κ1) is 20.2. The van der Waals surface area contributed by atoms with Crippen LogP contribution in [0.3, 0.4) is 0 Å². The number of pyridine rings is 1. The fraction of sp³-hybridized carbons (Fsp3) is 0.375. The van der Waals surface area contributed by atoms with Crippen LogP contribution in [-0.4, -0.2) is 39.7 Å². The Kier molecular flexibility index (Phi) is 5.46. The molecule has 6 nitrogen and oxygen atoms in total. The number of aryl methyl sites for hydroxylation is 1. The van der Waals surface area contributed by atoms with Crippen molar-refractivity contribution in [2.75, 3.05) is 6.61 Å². The number of hydrogen-bond donors (Lipinski definition) is 2. The smallest absolute Gasteiger partial charge is 0.270 e. The average Bonchev–Trinajstić information content (AvgIpc) is 3.50. The van der Waals surface area contributed by atoms with Crippen LogP contribution in [0.4, 0.5) is 0 Å². The van der Waals surface area contributed by atoms with Gasteiger partial charge in [-0.25, -0.2) is 9.97 Å². The molecule has 1 saturated carbocycles. The highest BCUT2D eigenvalue weighted by Crippen LogP contribution is 2.32. The number of rotatable bonds is 5. The molecule has 1 amide bonds. The number of ether oxygens (including phenoxy) is 1. The summed E-state index contributed by atoms with van der Waals surface area (Å²) in [6, 6.07) is 10.1. The van der Waals surface area contributed by atoms with E-state index in [0.717, 1.165) is 57.3 Å². The van der Waals surface area contributed by atoms with Crippen LogP contribution in [0.2, 0.25) is 0 Å². The van der Waals surface area contributed by atoms with Gasteiger partial charge in [-0.2, -0.15) is 0 Å². The van der Waals surface area contributed by atoms with E-state index in [1.165, 1.54) is 0 Å². The molecule has 0 spiro atoms. The van der Waals surface area contributed by atoms with Gasteiger partial charge in [-0.05, 0) is 43.4 Å². The van der Waals surface area contributed by atoms with Gasteiger partial charge in [-0.1, -0.05) is 24.3 Å². The Bertz CT molecular complexity index is 1110. The molecule has 1 aliphatic heterocycles. The zero-order valence-electron chi connectivity index (χ0n) is 17.4. The highest BCUT2D eigenvalue weighted by Gasteiger charge is 2.28. The minimum atomic E-state index is -0.470. The number of aromatic nitrogens is 2. The second-order valence-electron chi connectivity index (χ2n) is 8.24. The summed E-state index contributed by atoms with van der Waals surface area (Å²) in [5.41, 5.74) is 4.51. The Hall–Kier alpha value is -2.77. The predicted octanol–water partition coefficient (Wildman–Crippen LogP) is 3.68. The van der Waals surface area contributed by atoms with E-state index in [2.05, 4.69) is 39.6 Å². The van der Waals surface area contributed by atoms with E-state index in [1.807, 2.05) is 19.2 Å². The van der Waals surface area contributed by atoms with E-state index in [-0.39, 0.29) is 11.9 Å². The number of fused-ring (bicyclic) bond motifs is 1. The van der Waals surface area contributed by atoms with Gasteiger partial charge in [-0.3, -0.25) is 4.79 Å². The maximum Gasteiger partial charge on any atom is 0.270 e. The van der Waals surface area contributed by atoms with Crippen molar-refractivity contribution in [2.24, 2.45) is 0 Å². The van der Waals surface area contributed by atoms with Crippen LogP contribution in [0.1, 0.15) is 51.6 Å². The number of carbonyl (C=O) groups excluding carboxylic acids is 1. The highest BCUT2D eigenvalue weighted by molar-refractivity contribution is 7.15. The normalized spacial score (nSPS) is 19.8. The van der Waals surface area contributed by atoms with Crippen LogP contribution in [0.15, 0.2) is 36.5 Å². The molecule has 3 heterocycles. The van der Waals surface area contributed by atoms with E-state index in [4.69, 9.17) is 4.74 Å². The molecular formula is C24H25N3O3S. The lowest BCUT2D eigenvalue weighted by molar-refractivity contribution is 0.0868. The SMILES string of the molecule is Cc1ncc(-c2ccc(Cc3cc(C(=O)N[C@H]4CCC[C@@H]4O)nc4c3OCC4)cc2)s1. The molecule has 2 N–H and O–H groups in total. The highest BCUT2D eigenvalue weighted by atomic mass is 32.1. The number of thiazole rings is 1. The first-order chi connectivity index (χ1) is 15.1. The van der Waals surface area contributed by atoms with Crippen molar-refractivity contribution < 1.29 is 14.6 Å². The first-order valence-electron chi connectivity index (χ1n) is 10.7. The second-order valence-corrected chi connectivity index (χ2v) is 9.47. The summed E-state index contributed by atoms with van der Waals surface area (Å²) in [7, 11) is 0. The summed E-state index contributed by atoms with van der Waals surface area (Å²) >= 11 is 1.68. The van der Waals surface area contributed by atoms with Crippen molar-refractivity contribution in [3.63, 3.8) is 0 Å². The number of carbonyl (C=O) groups is 1. The number of aliphatic hydroxyl groups excluding tert-OH is 1. The van der Waals surface area contributed by atoms with Gasteiger partial charge in [0.2, 0.25) is 0 Å². The molecule has 31 heavy (non-hydrogen) atoms. The van der Waals surface area contributed by atoms with Crippen molar-refractivity contribution in [3.05, 3.63) is 64.1 Å². The Morgan fingerprint density at radius 2 is 2.13 bits per heavy atom. The Morgan fingerprint density at radius 3 is 2.84 bits per heavy atom. The molecule has 0 unspecified atom stereocenters.